The fourth-order valence-electron chi connectivity index (χ4n) is 3.29. The Morgan fingerprint density at radius 1 is 1.07 bits per heavy atom. The summed E-state index contributed by atoms with van der Waals surface area (Å²) in [5, 5.41) is -0.853. The molecule has 1 aromatic rings. The summed E-state index contributed by atoms with van der Waals surface area (Å²) in [6, 6.07) is 0. The Morgan fingerprint density at radius 3 is 2.10 bits per heavy atom. The van der Waals surface area contributed by atoms with Crippen molar-refractivity contribution in [1.82, 2.24) is 0 Å². The lowest BCUT2D eigenvalue weighted by Gasteiger charge is -2.14. The minimum atomic E-state index is -1.01. The molecule has 0 aliphatic heterocycles. The molecular weight excluding hydrogens is 429 g/mol. The molecule has 9 heteroatoms. The maximum absolute atomic E-state index is 14.3. The van der Waals surface area contributed by atoms with Crippen LogP contribution in [0.4, 0.5) is 8.78 Å². The molecule has 0 heterocycles. The van der Waals surface area contributed by atoms with Crippen LogP contribution in [-0.4, -0.2) is 26.2 Å². The van der Waals surface area contributed by atoms with Crippen LogP contribution in [0.2, 0.25) is 10.0 Å². The second kappa shape index (κ2) is 8.98. The van der Waals surface area contributed by atoms with Gasteiger partial charge in [0.2, 0.25) is 0 Å². The lowest BCUT2D eigenvalue weighted by Crippen LogP contribution is -2.12. The summed E-state index contributed by atoms with van der Waals surface area (Å²) >= 11 is 11.9. The molecule has 0 radical (unpaired) electrons. The number of esters is 2. The SMILES string of the molecule is COCc1c(F)c(Cl)c(COC(=O)[C@@H]2[C@@H](/C=C(\C)C(=O)OC)C2(C)C)c(Cl)c1F. The highest BCUT2D eigenvalue weighted by atomic mass is 35.5. The van der Waals surface area contributed by atoms with Gasteiger partial charge >= 0.3 is 11.9 Å². The van der Waals surface area contributed by atoms with Gasteiger partial charge in [-0.25, -0.2) is 13.6 Å². The molecule has 0 bridgehead atoms. The molecule has 2 atom stereocenters. The van der Waals surface area contributed by atoms with Crippen molar-refractivity contribution >= 4 is 35.1 Å². The molecule has 0 saturated heterocycles. The van der Waals surface area contributed by atoms with Crippen LogP contribution >= 0.6 is 23.2 Å². The molecule has 1 aliphatic rings. The van der Waals surface area contributed by atoms with E-state index in [0.29, 0.717) is 5.57 Å². The minimum absolute atomic E-state index is 0.159. The first-order valence-electron chi connectivity index (χ1n) is 8.74. The van der Waals surface area contributed by atoms with Crippen molar-refractivity contribution in [3.8, 4) is 0 Å². The van der Waals surface area contributed by atoms with E-state index in [4.69, 9.17) is 32.7 Å². The number of hydrogen-bond donors (Lipinski definition) is 0. The third-order valence-electron chi connectivity index (χ3n) is 5.19. The minimum Gasteiger partial charge on any atom is -0.466 e. The van der Waals surface area contributed by atoms with Crippen LogP contribution in [-0.2, 0) is 37.0 Å². The molecule has 2 rings (SSSR count). The van der Waals surface area contributed by atoms with Crippen LogP contribution in [0.1, 0.15) is 31.9 Å². The van der Waals surface area contributed by atoms with E-state index in [1.54, 1.807) is 13.0 Å². The molecule has 5 nitrogen and oxygen atoms in total. The highest BCUT2D eigenvalue weighted by Gasteiger charge is 2.61. The van der Waals surface area contributed by atoms with Crippen molar-refractivity contribution in [2.45, 2.75) is 34.0 Å². The van der Waals surface area contributed by atoms with Crippen LogP contribution in [0.15, 0.2) is 11.6 Å². The van der Waals surface area contributed by atoms with Crippen molar-refractivity contribution in [2.24, 2.45) is 17.3 Å². The Balaban J connectivity index is 2.17. The highest BCUT2D eigenvalue weighted by molar-refractivity contribution is 6.36. The number of carbonyl (C=O) groups is 2. The Hall–Kier alpha value is -1.70. The maximum atomic E-state index is 14.3. The molecule has 1 saturated carbocycles. The van der Waals surface area contributed by atoms with Gasteiger partial charge in [-0.05, 0) is 18.3 Å². The van der Waals surface area contributed by atoms with E-state index in [1.165, 1.54) is 14.2 Å². The van der Waals surface area contributed by atoms with Gasteiger partial charge in [-0.1, -0.05) is 43.1 Å². The molecule has 1 fully saturated rings. The number of allylic oxidation sites excluding steroid dienone is 1. The average Bonchev–Trinajstić information content (AvgIpc) is 3.22. The number of halogens is 4. The van der Waals surface area contributed by atoms with Crippen LogP contribution in [0.3, 0.4) is 0 Å². The zero-order valence-corrected chi connectivity index (χ0v) is 18.2. The first kappa shape index (κ1) is 23.6. The van der Waals surface area contributed by atoms with E-state index in [2.05, 4.69) is 4.74 Å². The van der Waals surface area contributed by atoms with Crippen molar-refractivity contribution < 1.29 is 32.6 Å². The van der Waals surface area contributed by atoms with Gasteiger partial charge in [0.15, 0.2) is 11.6 Å². The molecular formula is C20H22Cl2F2O5. The van der Waals surface area contributed by atoms with Crippen molar-refractivity contribution in [1.29, 1.82) is 0 Å². The van der Waals surface area contributed by atoms with Gasteiger partial charge in [0.1, 0.15) is 6.61 Å². The molecule has 160 valence electrons. The quantitative estimate of drug-likeness (QED) is 0.337. The van der Waals surface area contributed by atoms with Crippen molar-refractivity contribution in [3.05, 3.63) is 44.5 Å². The summed E-state index contributed by atoms with van der Waals surface area (Å²) in [4.78, 5) is 24.1. The largest absolute Gasteiger partial charge is 0.466 e. The summed E-state index contributed by atoms with van der Waals surface area (Å²) in [5.74, 6) is -3.85. The predicted molar refractivity (Wildman–Crippen MR) is 103 cm³/mol. The fourth-order valence-corrected chi connectivity index (χ4v) is 3.87. The van der Waals surface area contributed by atoms with E-state index in [0.717, 1.165) is 0 Å². The number of ether oxygens (including phenoxy) is 3. The lowest BCUT2D eigenvalue weighted by atomic mass is 10.1. The van der Waals surface area contributed by atoms with Crippen LogP contribution < -0.4 is 0 Å². The fraction of sp³-hybridized carbons (Fsp3) is 0.500. The number of rotatable bonds is 7. The van der Waals surface area contributed by atoms with E-state index in [1.807, 2.05) is 13.8 Å². The molecule has 0 N–H and O–H groups in total. The van der Waals surface area contributed by atoms with Gasteiger partial charge in [-0.3, -0.25) is 4.79 Å². The van der Waals surface area contributed by atoms with E-state index < -0.39 is 57.1 Å². The van der Waals surface area contributed by atoms with E-state index in [9.17, 15) is 18.4 Å². The average molecular weight is 451 g/mol. The highest BCUT2D eigenvalue weighted by Crippen LogP contribution is 2.60. The molecule has 29 heavy (non-hydrogen) atoms. The van der Waals surface area contributed by atoms with Crippen molar-refractivity contribution in [2.75, 3.05) is 14.2 Å². The number of benzene rings is 1. The van der Waals surface area contributed by atoms with Gasteiger partial charge < -0.3 is 14.2 Å². The maximum Gasteiger partial charge on any atom is 0.333 e. The Bertz CT molecular complexity index is 838. The normalized spacial score (nSPS) is 20.4. The Kier molecular flexibility index (Phi) is 7.30. The van der Waals surface area contributed by atoms with Gasteiger partial charge in [0.25, 0.3) is 0 Å². The molecule has 0 unspecified atom stereocenters. The van der Waals surface area contributed by atoms with Gasteiger partial charge in [0.05, 0.1) is 35.2 Å². The van der Waals surface area contributed by atoms with E-state index in [-0.39, 0.29) is 18.1 Å². The Labute approximate surface area is 177 Å². The molecule has 1 aliphatic carbocycles. The summed E-state index contributed by atoms with van der Waals surface area (Å²) in [6.07, 6.45) is 1.66. The summed E-state index contributed by atoms with van der Waals surface area (Å²) in [7, 11) is 2.55. The van der Waals surface area contributed by atoms with Gasteiger partial charge in [0, 0.05) is 18.2 Å². The molecule has 0 amide bonds. The number of methoxy groups -OCH3 is 2. The standard InChI is InChI=1S/C20H22Cl2F2O5/c1-9(18(25)28-5)6-12-13(20(12,2)3)19(26)29-8-10-14(21)16(23)11(7-27-4)17(24)15(10)22/h6,12-13H,7-8H2,1-5H3/b9-6+/t12-,13+/m1/s1. The number of carbonyl (C=O) groups excluding carboxylic acids is 2. The second-order valence-electron chi connectivity index (χ2n) is 7.42. The summed E-state index contributed by atoms with van der Waals surface area (Å²) in [6.45, 7) is 4.46. The lowest BCUT2D eigenvalue weighted by molar-refractivity contribution is -0.147. The predicted octanol–water partition coefficient (Wildman–Crippen LogP) is 4.85. The van der Waals surface area contributed by atoms with Crippen LogP contribution in [0, 0.1) is 28.9 Å². The van der Waals surface area contributed by atoms with Gasteiger partial charge in [-0.2, -0.15) is 0 Å². The molecule has 1 aromatic carbocycles. The van der Waals surface area contributed by atoms with Crippen molar-refractivity contribution in [3.63, 3.8) is 0 Å². The molecule has 0 aromatic heterocycles. The number of hydrogen-bond acceptors (Lipinski definition) is 5. The second-order valence-corrected chi connectivity index (χ2v) is 8.18. The third-order valence-corrected chi connectivity index (χ3v) is 5.98. The van der Waals surface area contributed by atoms with Crippen LogP contribution in [0.25, 0.3) is 0 Å². The topological polar surface area (TPSA) is 61.8 Å². The summed E-state index contributed by atoms with van der Waals surface area (Å²) in [5.41, 5.74) is -0.624. The monoisotopic (exact) mass is 450 g/mol. The van der Waals surface area contributed by atoms with Crippen LogP contribution in [0.5, 0.6) is 0 Å². The Morgan fingerprint density at radius 2 is 1.62 bits per heavy atom. The summed E-state index contributed by atoms with van der Waals surface area (Å²) < 4.78 is 43.3. The zero-order chi connectivity index (χ0) is 22.1. The zero-order valence-electron chi connectivity index (χ0n) is 16.7. The third kappa shape index (κ3) is 4.57. The molecule has 0 spiro atoms. The van der Waals surface area contributed by atoms with E-state index >= 15 is 0 Å². The first-order chi connectivity index (χ1) is 13.5. The van der Waals surface area contributed by atoms with Gasteiger partial charge in [-0.15, -0.1) is 0 Å². The first-order valence-corrected chi connectivity index (χ1v) is 9.50. The smallest absolute Gasteiger partial charge is 0.333 e.